The molecule has 2 amide bonds. The Kier molecular flexibility index (Phi) is 4.82. The van der Waals surface area contributed by atoms with Gasteiger partial charge in [-0.25, -0.2) is 4.79 Å². The average Bonchev–Trinajstić information content (AvgIpc) is 2.64. The summed E-state index contributed by atoms with van der Waals surface area (Å²) in [7, 11) is 0. The van der Waals surface area contributed by atoms with Gasteiger partial charge in [-0.1, -0.05) is 30.3 Å². The minimum Gasteiger partial charge on any atom is -0.477 e. The number of carbonyl (C=O) groups is 3. The SMILES string of the molecule is CSC1=C(C(=O)O)N2C(=O)[C@@H](NC(=O)[C@H](N)c3ccccc3)[C@H]2CC1. The molecule has 8 heteroatoms. The molecule has 0 aliphatic carbocycles. The molecule has 0 bridgehead atoms. The summed E-state index contributed by atoms with van der Waals surface area (Å²) in [4.78, 5) is 38.3. The van der Waals surface area contributed by atoms with Crippen molar-refractivity contribution in [3.63, 3.8) is 0 Å². The molecule has 0 radical (unpaired) electrons. The van der Waals surface area contributed by atoms with E-state index in [1.807, 2.05) is 6.07 Å². The van der Waals surface area contributed by atoms with Crippen LogP contribution in [0.15, 0.2) is 40.9 Å². The number of rotatable bonds is 5. The first-order valence-corrected chi connectivity index (χ1v) is 9.12. The monoisotopic (exact) mass is 361 g/mol. The van der Waals surface area contributed by atoms with Crippen LogP contribution in [0.1, 0.15) is 24.4 Å². The third-order valence-corrected chi connectivity index (χ3v) is 5.47. The Balaban J connectivity index is 1.73. The van der Waals surface area contributed by atoms with Gasteiger partial charge >= 0.3 is 5.97 Å². The standard InChI is InChI=1S/C17H19N3O4S/c1-25-11-8-7-10-13(16(22)20(10)14(11)17(23)24)19-15(21)12(18)9-5-3-2-4-6-9/h2-6,10,12-13H,7-8,18H2,1H3,(H,19,21)(H,23,24)/t10-,12-,13+/m1/s1. The van der Waals surface area contributed by atoms with E-state index in [9.17, 15) is 19.5 Å². The predicted octanol–water partition coefficient (Wildman–Crippen LogP) is 0.835. The number of aliphatic carboxylic acids is 1. The molecule has 0 aromatic heterocycles. The van der Waals surface area contributed by atoms with Gasteiger partial charge < -0.3 is 16.2 Å². The molecule has 132 valence electrons. The third-order valence-electron chi connectivity index (χ3n) is 4.58. The molecule has 1 aromatic carbocycles. The Morgan fingerprint density at radius 1 is 1.36 bits per heavy atom. The summed E-state index contributed by atoms with van der Waals surface area (Å²) >= 11 is 1.34. The van der Waals surface area contributed by atoms with Gasteiger partial charge in [-0.05, 0) is 24.7 Å². The highest BCUT2D eigenvalue weighted by molar-refractivity contribution is 8.02. The van der Waals surface area contributed by atoms with E-state index in [0.717, 1.165) is 0 Å². The summed E-state index contributed by atoms with van der Waals surface area (Å²) in [6.45, 7) is 0. The molecule has 1 aromatic rings. The number of allylic oxidation sites excluding steroid dienone is 1. The van der Waals surface area contributed by atoms with Gasteiger partial charge in [0.1, 0.15) is 17.8 Å². The first-order chi connectivity index (χ1) is 12.0. The van der Waals surface area contributed by atoms with E-state index in [0.29, 0.717) is 23.3 Å². The van der Waals surface area contributed by atoms with Crippen LogP contribution >= 0.6 is 11.8 Å². The lowest BCUT2D eigenvalue weighted by atomic mass is 9.86. The van der Waals surface area contributed by atoms with Gasteiger partial charge in [0.25, 0.3) is 5.91 Å². The van der Waals surface area contributed by atoms with Crippen molar-refractivity contribution >= 4 is 29.5 Å². The molecule has 0 saturated carbocycles. The number of amides is 2. The lowest BCUT2D eigenvalue weighted by Gasteiger charge is -2.50. The molecule has 1 fully saturated rings. The van der Waals surface area contributed by atoms with Crippen molar-refractivity contribution in [1.29, 1.82) is 0 Å². The Morgan fingerprint density at radius 2 is 2.04 bits per heavy atom. The number of hydrogen-bond donors (Lipinski definition) is 3. The Bertz CT molecular complexity index is 750. The first kappa shape index (κ1) is 17.5. The number of thioether (sulfide) groups is 1. The molecule has 3 atom stereocenters. The fourth-order valence-corrected chi connectivity index (χ4v) is 3.98. The maximum atomic E-state index is 12.4. The van der Waals surface area contributed by atoms with E-state index < -0.39 is 29.9 Å². The topological polar surface area (TPSA) is 113 Å². The number of carboxylic acids is 1. The van der Waals surface area contributed by atoms with Crippen molar-refractivity contribution in [2.24, 2.45) is 5.73 Å². The summed E-state index contributed by atoms with van der Waals surface area (Å²) in [6.07, 6.45) is 2.99. The Labute approximate surface area is 149 Å². The van der Waals surface area contributed by atoms with Crippen LogP contribution in [0.5, 0.6) is 0 Å². The van der Waals surface area contributed by atoms with Crippen LogP contribution in [0.2, 0.25) is 0 Å². The van der Waals surface area contributed by atoms with Gasteiger partial charge in [0.2, 0.25) is 5.91 Å². The zero-order valence-corrected chi connectivity index (χ0v) is 14.5. The van der Waals surface area contributed by atoms with E-state index in [-0.39, 0.29) is 11.7 Å². The number of carboxylic acid groups (broad SMARTS) is 1. The Hall–Kier alpha value is -2.32. The minimum atomic E-state index is -1.12. The van der Waals surface area contributed by atoms with Crippen LogP contribution in [-0.2, 0) is 14.4 Å². The summed E-state index contributed by atoms with van der Waals surface area (Å²) in [6, 6.07) is 6.96. The van der Waals surface area contributed by atoms with Crippen molar-refractivity contribution in [1.82, 2.24) is 10.2 Å². The van der Waals surface area contributed by atoms with Crippen molar-refractivity contribution < 1.29 is 19.5 Å². The van der Waals surface area contributed by atoms with Crippen LogP contribution in [-0.4, -0.2) is 46.1 Å². The molecule has 0 unspecified atom stereocenters. The van der Waals surface area contributed by atoms with Crippen molar-refractivity contribution in [2.45, 2.75) is 31.0 Å². The number of nitrogens with two attached hydrogens (primary N) is 1. The fraction of sp³-hybridized carbons (Fsp3) is 0.353. The average molecular weight is 361 g/mol. The number of hydrogen-bond acceptors (Lipinski definition) is 5. The fourth-order valence-electron chi connectivity index (χ4n) is 3.28. The van der Waals surface area contributed by atoms with Crippen LogP contribution in [0, 0.1) is 0 Å². The third kappa shape index (κ3) is 3.03. The number of nitrogens with zero attached hydrogens (tertiary/aromatic N) is 1. The second-order valence-electron chi connectivity index (χ2n) is 5.97. The molecule has 2 heterocycles. The van der Waals surface area contributed by atoms with Crippen molar-refractivity contribution in [3.05, 3.63) is 46.5 Å². The van der Waals surface area contributed by atoms with Crippen molar-refractivity contribution in [2.75, 3.05) is 6.26 Å². The summed E-state index contributed by atoms with van der Waals surface area (Å²) in [5.41, 5.74) is 6.64. The molecular weight excluding hydrogens is 342 g/mol. The lowest BCUT2D eigenvalue weighted by molar-refractivity contribution is -0.156. The Morgan fingerprint density at radius 3 is 2.64 bits per heavy atom. The van der Waals surface area contributed by atoms with Gasteiger partial charge in [0.15, 0.2) is 0 Å². The number of fused-ring (bicyclic) bond motifs is 1. The zero-order valence-electron chi connectivity index (χ0n) is 13.6. The number of carbonyl (C=O) groups excluding carboxylic acids is 2. The summed E-state index contributed by atoms with van der Waals surface area (Å²) in [5.74, 6) is -1.96. The highest BCUT2D eigenvalue weighted by atomic mass is 32.2. The molecule has 25 heavy (non-hydrogen) atoms. The van der Waals surface area contributed by atoms with Gasteiger partial charge in [0, 0.05) is 4.91 Å². The van der Waals surface area contributed by atoms with Gasteiger partial charge in [-0.2, -0.15) is 0 Å². The highest BCUT2D eigenvalue weighted by Crippen LogP contribution is 2.40. The second-order valence-corrected chi connectivity index (χ2v) is 6.87. The normalized spacial score (nSPS) is 23.6. The number of β-lactam (4-membered cyclic amide) rings is 1. The smallest absolute Gasteiger partial charge is 0.353 e. The van der Waals surface area contributed by atoms with Crippen LogP contribution in [0.4, 0.5) is 0 Å². The minimum absolute atomic E-state index is 0.0339. The molecule has 7 nitrogen and oxygen atoms in total. The zero-order chi connectivity index (χ0) is 18.1. The molecule has 4 N–H and O–H groups in total. The number of benzene rings is 1. The summed E-state index contributed by atoms with van der Waals surface area (Å²) in [5, 5.41) is 12.1. The summed E-state index contributed by atoms with van der Waals surface area (Å²) < 4.78 is 0. The molecule has 1 saturated heterocycles. The van der Waals surface area contributed by atoms with Gasteiger partial charge in [0.05, 0.1) is 6.04 Å². The van der Waals surface area contributed by atoms with Gasteiger partial charge in [-0.15, -0.1) is 11.8 Å². The quantitative estimate of drug-likeness (QED) is 0.670. The van der Waals surface area contributed by atoms with E-state index in [1.54, 1.807) is 30.5 Å². The van der Waals surface area contributed by atoms with Gasteiger partial charge in [-0.3, -0.25) is 14.5 Å². The molecule has 2 aliphatic heterocycles. The predicted molar refractivity (Wildman–Crippen MR) is 93.3 cm³/mol. The lowest BCUT2D eigenvalue weighted by Crippen LogP contribution is -2.72. The van der Waals surface area contributed by atoms with E-state index >= 15 is 0 Å². The highest BCUT2D eigenvalue weighted by Gasteiger charge is 2.53. The maximum Gasteiger partial charge on any atom is 0.353 e. The van der Waals surface area contributed by atoms with Crippen LogP contribution < -0.4 is 11.1 Å². The van der Waals surface area contributed by atoms with Crippen molar-refractivity contribution in [3.8, 4) is 0 Å². The van der Waals surface area contributed by atoms with E-state index in [4.69, 9.17) is 5.73 Å². The maximum absolute atomic E-state index is 12.4. The molecule has 2 aliphatic rings. The van der Waals surface area contributed by atoms with E-state index in [1.165, 1.54) is 16.7 Å². The molecule has 0 spiro atoms. The van der Waals surface area contributed by atoms with Crippen LogP contribution in [0.3, 0.4) is 0 Å². The molecular formula is C17H19N3O4S. The van der Waals surface area contributed by atoms with Crippen LogP contribution in [0.25, 0.3) is 0 Å². The molecule has 3 rings (SSSR count). The largest absolute Gasteiger partial charge is 0.477 e. The second kappa shape index (κ2) is 6.89. The van der Waals surface area contributed by atoms with E-state index in [2.05, 4.69) is 5.32 Å². The number of nitrogens with one attached hydrogen (secondary N) is 1. The first-order valence-electron chi connectivity index (χ1n) is 7.90.